The van der Waals surface area contributed by atoms with Crippen LogP contribution in [0, 0.1) is 12.8 Å². The van der Waals surface area contributed by atoms with Crippen molar-refractivity contribution in [3.8, 4) is 0 Å². The maximum atomic E-state index is 2.29. The number of thioether (sulfide) groups is 1. The Morgan fingerprint density at radius 3 is 2.53 bits per heavy atom. The summed E-state index contributed by atoms with van der Waals surface area (Å²) in [5.41, 5.74) is 1.37. The molecule has 2 unspecified atom stereocenters. The molecule has 1 heteroatoms. The summed E-state index contributed by atoms with van der Waals surface area (Å²) in [6.07, 6.45) is 8.85. The lowest BCUT2D eigenvalue weighted by Gasteiger charge is -2.20. The van der Waals surface area contributed by atoms with Gasteiger partial charge in [0, 0.05) is 10.1 Å². The minimum Gasteiger partial charge on any atom is -0.118 e. The Kier molecular flexibility index (Phi) is 3.32. The maximum Gasteiger partial charge on any atom is 0.0337 e. The van der Waals surface area contributed by atoms with Crippen molar-refractivity contribution in [2.24, 2.45) is 5.92 Å². The van der Waals surface area contributed by atoms with Gasteiger partial charge in [-0.25, -0.2) is 0 Å². The summed E-state index contributed by atoms with van der Waals surface area (Å²) in [5.74, 6) is 0.625. The highest BCUT2D eigenvalue weighted by atomic mass is 32.2. The molecule has 0 saturated heterocycles. The third-order valence-electron chi connectivity index (χ3n) is 2.70. The summed E-state index contributed by atoms with van der Waals surface area (Å²) in [7, 11) is 0. The Balaban J connectivity index is 2.12. The summed E-state index contributed by atoms with van der Waals surface area (Å²) >= 11 is 1.96. The fraction of sp³-hybridized carbons (Fsp3) is 0.286. The van der Waals surface area contributed by atoms with Gasteiger partial charge in [-0.1, -0.05) is 49.4 Å². The molecule has 0 bridgehead atoms. The van der Waals surface area contributed by atoms with E-state index < -0.39 is 0 Å². The molecule has 1 aliphatic rings. The zero-order valence-corrected chi connectivity index (χ0v) is 10.00. The molecule has 0 fully saturated rings. The lowest BCUT2D eigenvalue weighted by molar-refractivity contribution is 0.752. The van der Waals surface area contributed by atoms with Gasteiger partial charge in [-0.3, -0.25) is 0 Å². The summed E-state index contributed by atoms with van der Waals surface area (Å²) in [6, 6.07) is 8.59. The second-order valence-corrected chi connectivity index (χ2v) is 5.20. The maximum absolute atomic E-state index is 2.29. The number of benzene rings is 1. The zero-order valence-electron chi connectivity index (χ0n) is 9.18. The van der Waals surface area contributed by atoms with Gasteiger partial charge in [0.05, 0.1) is 0 Å². The molecular formula is C14H16S. The van der Waals surface area contributed by atoms with Gasteiger partial charge in [-0.05, 0) is 24.5 Å². The van der Waals surface area contributed by atoms with Crippen LogP contribution in [0.4, 0.5) is 0 Å². The second kappa shape index (κ2) is 4.71. The van der Waals surface area contributed by atoms with Crippen LogP contribution in [0.3, 0.4) is 0 Å². The average molecular weight is 216 g/mol. The van der Waals surface area contributed by atoms with E-state index in [1.807, 2.05) is 11.8 Å². The van der Waals surface area contributed by atoms with Gasteiger partial charge in [-0.15, -0.1) is 11.8 Å². The highest BCUT2D eigenvalue weighted by molar-refractivity contribution is 8.00. The van der Waals surface area contributed by atoms with Gasteiger partial charge < -0.3 is 0 Å². The Hall–Kier alpha value is -0.950. The zero-order chi connectivity index (χ0) is 10.7. The van der Waals surface area contributed by atoms with Gasteiger partial charge in [0.15, 0.2) is 0 Å². The first-order chi connectivity index (χ1) is 7.27. The lowest BCUT2D eigenvalue weighted by atomic mass is 10.0. The molecule has 0 saturated carbocycles. The Labute approximate surface area is 96.1 Å². The van der Waals surface area contributed by atoms with Crippen molar-refractivity contribution in [2.45, 2.75) is 24.0 Å². The van der Waals surface area contributed by atoms with E-state index in [0.717, 1.165) is 0 Å². The molecule has 1 aromatic rings. The third kappa shape index (κ3) is 2.54. The van der Waals surface area contributed by atoms with Crippen LogP contribution in [0.15, 0.2) is 53.5 Å². The largest absolute Gasteiger partial charge is 0.118 e. The highest BCUT2D eigenvalue weighted by Crippen LogP contribution is 2.33. The van der Waals surface area contributed by atoms with Crippen LogP contribution in [0.5, 0.6) is 0 Å². The highest BCUT2D eigenvalue weighted by Gasteiger charge is 2.15. The fourth-order valence-electron chi connectivity index (χ4n) is 1.68. The summed E-state index contributed by atoms with van der Waals surface area (Å²) in [5, 5.41) is 0.580. The smallest absolute Gasteiger partial charge is 0.0337 e. The Bertz CT molecular complexity index is 390. The molecule has 15 heavy (non-hydrogen) atoms. The van der Waals surface area contributed by atoms with Gasteiger partial charge in [0.1, 0.15) is 0 Å². The van der Waals surface area contributed by atoms with E-state index in [1.54, 1.807) is 0 Å². The first kappa shape index (κ1) is 10.6. The average Bonchev–Trinajstić information content (AvgIpc) is 2.24. The Morgan fingerprint density at radius 2 is 1.80 bits per heavy atom. The topological polar surface area (TPSA) is 0 Å². The van der Waals surface area contributed by atoms with Gasteiger partial charge in [0.2, 0.25) is 0 Å². The number of hydrogen-bond acceptors (Lipinski definition) is 1. The van der Waals surface area contributed by atoms with Crippen LogP contribution < -0.4 is 0 Å². The van der Waals surface area contributed by atoms with Gasteiger partial charge in [0.25, 0.3) is 0 Å². The van der Waals surface area contributed by atoms with E-state index in [2.05, 4.69) is 62.4 Å². The molecular weight excluding hydrogens is 200 g/mol. The standard InChI is InChI=1S/C14H16S/c1-11-7-3-5-9-13(11)15-14-10-6-4-8-12(14)2/h3-11,13H,1-2H3. The van der Waals surface area contributed by atoms with Crippen LogP contribution in [-0.2, 0) is 0 Å². The fourth-order valence-corrected chi connectivity index (χ4v) is 2.86. The van der Waals surface area contributed by atoms with E-state index in [-0.39, 0.29) is 0 Å². The van der Waals surface area contributed by atoms with E-state index >= 15 is 0 Å². The first-order valence-electron chi connectivity index (χ1n) is 5.34. The van der Waals surface area contributed by atoms with Crippen LogP contribution in [0.25, 0.3) is 0 Å². The van der Waals surface area contributed by atoms with Gasteiger partial charge in [-0.2, -0.15) is 0 Å². The predicted octanol–water partition coefficient (Wildman–Crippen LogP) is 4.22. The number of aryl methyl sites for hydroxylation is 1. The van der Waals surface area contributed by atoms with Crippen molar-refractivity contribution < 1.29 is 0 Å². The van der Waals surface area contributed by atoms with E-state index in [4.69, 9.17) is 0 Å². The molecule has 0 heterocycles. The molecule has 0 N–H and O–H groups in total. The minimum atomic E-state index is 0.580. The van der Waals surface area contributed by atoms with Crippen LogP contribution >= 0.6 is 11.8 Å². The number of hydrogen-bond donors (Lipinski definition) is 0. The Morgan fingerprint density at radius 1 is 1.07 bits per heavy atom. The summed E-state index contributed by atoms with van der Waals surface area (Å²) in [6.45, 7) is 4.45. The molecule has 1 aliphatic carbocycles. The number of rotatable bonds is 2. The van der Waals surface area contributed by atoms with E-state index in [0.29, 0.717) is 11.2 Å². The van der Waals surface area contributed by atoms with Crippen molar-refractivity contribution in [1.82, 2.24) is 0 Å². The number of allylic oxidation sites excluding steroid dienone is 3. The molecule has 0 radical (unpaired) electrons. The summed E-state index contributed by atoms with van der Waals surface area (Å²) < 4.78 is 0. The molecule has 0 aliphatic heterocycles. The van der Waals surface area contributed by atoms with Crippen LogP contribution in [0.1, 0.15) is 12.5 Å². The molecule has 0 aromatic heterocycles. The molecule has 78 valence electrons. The van der Waals surface area contributed by atoms with Crippen molar-refractivity contribution >= 4 is 11.8 Å². The molecule has 0 spiro atoms. The van der Waals surface area contributed by atoms with Gasteiger partial charge >= 0.3 is 0 Å². The first-order valence-corrected chi connectivity index (χ1v) is 6.22. The molecule has 1 aromatic carbocycles. The normalized spacial score (nSPS) is 24.4. The van der Waals surface area contributed by atoms with Crippen LogP contribution in [-0.4, -0.2) is 5.25 Å². The quantitative estimate of drug-likeness (QED) is 0.713. The molecule has 0 amide bonds. The summed E-state index contributed by atoms with van der Waals surface area (Å²) in [4.78, 5) is 1.40. The minimum absolute atomic E-state index is 0.580. The SMILES string of the molecule is Cc1ccccc1SC1C=CC=CC1C. The molecule has 2 rings (SSSR count). The van der Waals surface area contributed by atoms with Crippen LogP contribution in [0.2, 0.25) is 0 Å². The second-order valence-electron chi connectivity index (χ2n) is 3.98. The van der Waals surface area contributed by atoms with Crippen molar-refractivity contribution in [1.29, 1.82) is 0 Å². The lowest BCUT2D eigenvalue weighted by Crippen LogP contribution is -2.11. The monoisotopic (exact) mass is 216 g/mol. The molecule has 2 atom stereocenters. The van der Waals surface area contributed by atoms with Crippen molar-refractivity contribution in [3.05, 3.63) is 54.1 Å². The van der Waals surface area contributed by atoms with Crippen molar-refractivity contribution in [3.63, 3.8) is 0 Å². The van der Waals surface area contributed by atoms with E-state index in [1.165, 1.54) is 10.5 Å². The molecule has 0 nitrogen and oxygen atoms in total. The van der Waals surface area contributed by atoms with Crippen molar-refractivity contribution in [2.75, 3.05) is 0 Å². The predicted molar refractivity (Wildman–Crippen MR) is 68.3 cm³/mol. The van der Waals surface area contributed by atoms with E-state index in [9.17, 15) is 0 Å². The third-order valence-corrected chi connectivity index (χ3v) is 4.27.